The Labute approximate surface area is 141 Å². The van der Waals surface area contributed by atoms with Crippen molar-refractivity contribution in [3.05, 3.63) is 78.1 Å². The minimum absolute atomic E-state index is 0.154. The molecule has 5 nitrogen and oxygen atoms in total. The minimum Gasteiger partial charge on any atom is -0.397 e. The molecule has 2 aromatic carbocycles. The van der Waals surface area contributed by atoms with Gasteiger partial charge >= 0.3 is 0 Å². The first kappa shape index (κ1) is 17.3. The average Bonchev–Trinajstić information content (AvgIpc) is 3.11. The summed E-state index contributed by atoms with van der Waals surface area (Å²) in [6, 6.07) is 17.6. The first-order valence-corrected chi connectivity index (χ1v) is 7.66. The Morgan fingerprint density at radius 3 is 2.42 bits per heavy atom. The largest absolute Gasteiger partial charge is 0.397 e. The molecule has 5 heteroatoms. The number of benzene rings is 2. The molecule has 0 radical (unpaired) electrons. The van der Waals surface area contributed by atoms with Gasteiger partial charge in [0.1, 0.15) is 0 Å². The van der Waals surface area contributed by atoms with Crippen LogP contribution in [0.3, 0.4) is 0 Å². The van der Waals surface area contributed by atoms with Gasteiger partial charge in [-0.25, -0.2) is 0 Å². The number of nitrogens with two attached hydrogens (primary N) is 2. The number of aliphatic hydroxyl groups excluding tert-OH is 1. The van der Waals surface area contributed by atoms with Gasteiger partial charge in [-0.2, -0.15) is 5.10 Å². The maximum absolute atomic E-state index is 8.38. The number of nitrogen functional groups attached to an aromatic ring is 2. The van der Waals surface area contributed by atoms with Gasteiger partial charge in [-0.3, -0.25) is 4.68 Å². The Bertz CT molecular complexity index is 752. The minimum atomic E-state index is 0.154. The molecule has 0 bridgehead atoms. The molecule has 124 valence electrons. The molecule has 24 heavy (non-hydrogen) atoms. The maximum Gasteiger partial charge on any atom is 0.0640 e. The highest BCUT2D eigenvalue weighted by molar-refractivity contribution is 5.81. The summed E-state index contributed by atoms with van der Waals surface area (Å²) in [7, 11) is 0. The van der Waals surface area contributed by atoms with Crippen molar-refractivity contribution in [3.63, 3.8) is 0 Å². The van der Waals surface area contributed by atoms with Crippen molar-refractivity contribution in [2.45, 2.75) is 6.54 Å². The highest BCUT2D eigenvalue weighted by Crippen LogP contribution is 2.21. The third-order valence-corrected chi connectivity index (χ3v) is 3.32. The number of hydrogen-bond acceptors (Lipinski definition) is 4. The summed E-state index contributed by atoms with van der Waals surface area (Å²) in [6.45, 7) is 0.745. The first-order chi connectivity index (χ1) is 11.7. The second-order valence-electron chi connectivity index (χ2n) is 5.09. The van der Waals surface area contributed by atoms with Gasteiger partial charge in [-0.15, -0.1) is 0 Å². The number of nitrogens with zero attached hydrogens (tertiary/aromatic N) is 2. The smallest absolute Gasteiger partial charge is 0.0640 e. The molecule has 0 aliphatic heterocycles. The molecule has 3 aromatic rings. The fourth-order valence-corrected chi connectivity index (χ4v) is 2.03. The van der Waals surface area contributed by atoms with E-state index in [-0.39, 0.29) is 6.61 Å². The predicted molar refractivity (Wildman–Crippen MR) is 99.9 cm³/mol. The van der Waals surface area contributed by atoms with Crippen LogP contribution in [0.2, 0.25) is 0 Å². The Hall–Kier alpha value is -3.05. The van der Waals surface area contributed by atoms with Crippen LogP contribution in [0.15, 0.2) is 67.0 Å². The third kappa shape index (κ3) is 5.30. The zero-order chi connectivity index (χ0) is 17.2. The van der Waals surface area contributed by atoms with Crippen LogP contribution in [0, 0.1) is 0 Å². The number of anilines is 2. The summed E-state index contributed by atoms with van der Waals surface area (Å²) in [5.41, 5.74) is 14.9. The lowest BCUT2D eigenvalue weighted by Gasteiger charge is -2.03. The topological polar surface area (TPSA) is 90.1 Å². The standard InChI is InChI=1S/C14H14N2.C5H8N2O/c15-13-8-4-7-12(14(13)16)10-9-11-5-2-1-3-6-11;8-5-4-7-3-1-2-6-7/h1-10H,15-16H2;1-3,8H,4-5H2. The molecule has 0 unspecified atom stereocenters. The van der Waals surface area contributed by atoms with Crippen LogP contribution in [0.4, 0.5) is 11.4 Å². The average molecular weight is 322 g/mol. The van der Waals surface area contributed by atoms with Gasteiger partial charge in [0.05, 0.1) is 24.5 Å². The number of aromatic nitrogens is 2. The van der Waals surface area contributed by atoms with Gasteiger partial charge in [-0.1, -0.05) is 54.6 Å². The lowest BCUT2D eigenvalue weighted by atomic mass is 10.1. The second kappa shape index (κ2) is 9.17. The van der Waals surface area contributed by atoms with Crippen LogP contribution in [-0.4, -0.2) is 21.5 Å². The zero-order valence-electron chi connectivity index (χ0n) is 13.4. The van der Waals surface area contributed by atoms with E-state index in [9.17, 15) is 0 Å². The molecule has 3 rings (SSSR count). The van der Waals surface area contributed by atoms with Crippen molar-refractivity contribution in [1.82, 2.24) is 9.78 Å². The van der Waals surface area contributed by atoms with E-state index in [0.29, 0.717) is 17.9 Å². The van der Waals surface area contributed by atoms with Gasteiger partial charge in [0.25, 0.3) is 0 Å². The van der Waals surface area contributed by atoms with E-state index < -0.39 is 0 Å². The summed E-state index contributed by atoms with van der Waals surface area (Å²) in [5.74, 6) is 0. The second-order valence-corrected chi connectivity index (χ2v) is 5.09. The molecule has 1 aromatic heterocycles. The summed E-state index contributed by atoms with van der Waals surface area (Å²) in [5, 5.41) is 12.2. The van der Waals surface area contributed by atoms with E-state index in [0.717, 1.165) is 11.1 Å². The zero-order valence-corrected chi connectivity index (χ0v) is 13.4. The van der Waals surface area contributed by atoms with E-state index in [1.807, 2.05) is 66.9 Å². The number of rotatable bonds is 4. The van der Waals surface area contributed by atoms with Gasteiger partial charge in [-0.05, 0) is 23.3 Å². The van der Waals surface area contributed by atoms with Crippen molar-refractivity contribution in [2.24, 2.45) is 0 Å². The normalized spacial score (nSPS) is 10.4. The van der Waals surface area contributed by atoms with Crippen molar-refractivity contribution in [2.75, 3.05) is 18.1 Å². The maximum atomic E-state index is 8.38. The molecule has 0 saturated carbocycles. The summed E-state index contributed by atoms with van der Waals surface area (Å²) in [4.78, 5) is 0. The molecule has 0 aliphatic carbocycles. The molecule has 0 atom stereocenters. The van der Waals surface area contributed by atoms with E-state index in [4.69, 9.17) is 16.6 Å². The number of hydrogen-bond donors (Lipinski definition) is 3. The molecular weight excluding hydrogens is 300 g/mol. The summed E-state index contributed by atoms with van der Waals surface area (Å²) >= 11 is 0. The van der Waals surface area contributed by atoms with Crippen molar-refractivity contribution in [3.8, 4) is 0 Å². The van der Waals surface area contributed by atoms with Crippen LogP contribution in [0.1, 0.15) is 11.1 Å². The molecule has 1 heterocycles. The van der Waals surface area contributed by atoms with E-state index >= 15 is 0 Å². The fourth-order valence-electron chi connectivity index (χ4n) is 2.03. The molecular formula is C19H22N4O. The van der Waals surface area contributed by atoms with Crippen molar-refractivity contribution in [1.29, 1.82) is 0 Å². The van der Waals surface area contributed by atoms with Crippen LogP contribution in [0.5, 0.6) is 0 Å². The Morgan fingerprint density at radius 1 is 0.958 bits per heavy atom. The molecule has 0 aliphatic rings. The summed E-state index contributed by atoms with van der Waals surface area (Å²) < 4.78 is 1.68. The van der Waals surface area contributed by atoms with Gasteiger partial charge in [0, 0.05) is 12.4 Å². The predicted octanol–water partition coefficient (Wildman–Crippen LogP) is 2.90. The SMILES string of the molecule is Nc1cccc(C=Cc2ccccc2)c1N.OCCn1cccn1. The highest BCUT2D eigenvalue weighted by atomic mass is 16.3. The summed E-state index contributed by atoms with van der Waals surface area (Å²) in [6.07, 6.45) is 7.50. The molecule has 0 saturated heterocycles. The number of para-hydroxylation sites is 1. The van der Waals surface area contributed by atoms with Gasteiger partial charge in [0.15, 0.2) is 0 Å². The van der Waals surface area contributed by atoms with Crippen LogP contribution < -0.4 is 11.5 Å². The van der Waals surface area contributed by atoms with E-state index in [1.165, 1.54) is 0 Å². The quantitative estimate of drug-likeness (QED) is 0.509. The molecule has 0 fully saturated rings. The molecule has 0 amide bonds. The Morgan fingerprint density at radius 2 is 1.75 bits per heavy atom. The van der Waals surface area contributed by atoms with Crippen LogP contribution in [0.25, 0.3) is 12.2 Å². The van der Waals surface area contributed by atoms with Gasteiger partial charge in [0.2, 0.25) is 0 Å². The highest BCUT2D eigenvalue weighted by Gasteiger charge is 1.97. The van der Waals surface area contributed by atoms with Crippen molar-refractivity contribution >= 4 is 23.5 Å². The monoisotopic (exact) mass is 322 g/mol. The first-order valence-electron chi connectivity index (χ1n) is 7.66. The Balaban J connectivity index is 0.000000219. The van der Waals surface area contributed by atoms with E-state index in [1.54, 1.807) is 16.9 Å². The van der Waals surface area contributed by atoms with Crippen molar-refractivity contribution < 1.29 is 5.11 Å². The molecule has 0 spiro atoms. The van der Waals surface area contributed by atoms with Gasteiger partial charge < -0.3 is 16.6 Å². The lowest BCUT2D eigenvalue weighted by Crippen LogP contribution is -2.01. The van der Waals surface area contributed by atoms with Crippen LogP contribution in [-0.2, 0) is 6.54 Å². The van der Waals surface area contributed by atoms with Crippen LogP contribution >= 0.6 is 0 Å². The fraction of sp³-hybridized carbons (Fsp3) is 0.105. The third-order valence-electron chi connectivity index (χ3n) is 3.32. The van der Waals surface area contributed by atoms with E-state index in [2.05, 4.69) is 5.10 Å². The Kier molecular flexibility index (Phi) is 6.61. The molecule has 5 N–H and O–H groups in total. The lowest BCUT2D eigenvalue weighted by molar-refractivity contribution is 0.269. The number of aliphatic hydroxyl groups is 1.